The van der Waals surface area contributed by atoms with E-state index in [0.29, 0.717) is 18.4 Å². The minimum atomic E-state index is -0.226. The molecular weight excluding hydrogens is 372 g/mol. The van der Waals surface area contributed by atoms with Crippen LogP contribution in [-0.4, -0.2) is 5.97 Å². The summed E-state index contributed by atoms with van der Waals surface area (Å²) in [6.45, 7) is 4.33. The highest BCUT2D eigenvalue weighted by Crippen LogP contribution is 2.59. The van der Waals surface area contributed by atoms with Crippen molar-refractivity contribution in [1.29, 1.82) is 0 Å². The van der Waals surface area contributed by atoms with Gasteiger partial charge in [0.05, 0.1) is 0 Å². The van der Waals surface area contributed by atoms with Gasteiger partial charge in [-0.25, -0.2) is 0 Å². The van der Waals surface area contributed by atoms with E-state index in [0.717, 1.165) is 37.2 Å². The van der Waals surface area contributed by atoms with Gasteiger partial charge in [0.1, 0.15) is 18.1 Å². The fraction of sp³-hybridized carbons (Fsp3) is 0.370. The Hall–Kier alpha value is -2.81. The van der Waals surface area contributed by atoms with Gasteiger partial charge in [-0.15, -0.1) is 0 Å². The monoisotopic (exact) mass is 400 g/mol. The first-order chi connectivity index (χ1) is 14.5. The number of allylic oxidation sites excluding steroid dienone is 3. The molecule has 0 bridgehead atoms. The van der Waals surface area contributed by atoms with Crippen molar-refractivity contribution in [1.82, 2.24) is 0 Å². The van der Waals surface area contributed by atoms with E-state index in [-0.39, 0.29) is 11.4 Å². The molecule has 0 aromatic heterocycles. The number of carbonyl (C=O) groups is 1. The smallest absolute Gasteiger partial charge is 0.307 e. The first-order valence-corrected chi connectivity index (χ1v) is 11.0. The Morgan fingerprint density at radius 1 is 1.07 bits per heavy atom. The Morgan fingerprint density at radius 2 is 1.90 bits per heavy atom. The molecule has 0 radical (unpaired) electrons. The largest absolute Gasteiger partial charge is 0.489 e. The van der Waals surface area contributed by atoms with Crippen molar-refractivity contribution < 1.29 is 14.3 Å². The molecule has 0 spiro atoms. The van der Waals surface area contributed by atoms with Crippen molar-refractivity contribution in [2.75, 3.05) is 0 Å². The van der Waals surface area contributed by atoms with Crippen molar-refractivity contribution in [2.45, 2.75) is 52.1 Å². The third-order valence-electron chi connectivity index (χ3n) is 7.18. The zero-order chi connectivity index (χ0) is 20.7. The summed E-state index contributed by atoms with van der Waals surface area (Å²) in [4.78, 5) is 11.5. The molecule has 0 N–H and O–H groups in total. The first-order valence-electron chi connectivity index (χ1n) is 11.0. The van der Waals surface area contributed by atoms with E-state index in [2.05, 4.69) is 43.3 Å². The molecule has 3 aliphatic carbocycles. The summed E-state index contributed by atoms with van der Waals surface area (Å²) in [5.41, 5.74) is 5.42. The maximum Gasteiger partial charge on any atom is 0.307 e. The molecule has 1 fully saturated rings. The molecule has 1 saturated carbocycles. The van der Waals surface area contributed by atoms with Crippen molar-refractivity contribution in [3.63, 3.8) is 0 Å². The van der Waals surface area contributed by atoms with E-state index in [1.165, 1.54) is 29.2 Å². The SMILES string of the molecule is CC(=O)OC1=CC=C2[C@@H]3CCc4cc(OCc5ccccc5)ccc4[C@H]3CC[C@]12C. The number of esters is 1. The molecule has 3 nitrogen and oxygen atoms in total. The molecule has 5 rings (SSSR count). The topological polar surface area (TPSA) is 35.5 Å². The average molecular weight is 401 g/mol. The lowest BCUT2D eigenvalue weighted by molar-refractivity contribution is -0.138. The molecule has 2 aromatic carbocycles. The highest BCUT2D eigenvalue weighted by Gasteiger charge is 2.49. The second-order valence-corrected chi connectivity index (χ2v) is 9.00. The number of aryl methyl sites for hydroxylation is 1. The van der Waals surface area contributed by atoms with Crippen LogP contribution in [-0.2, 0) is 22.6 Å². The number of carbonyl (C=O) groups excluding carboxylic acids is 1. The van der Waals surface area contributed by atoms with Gasteiger partial charge in [-0.2, -0.15) is 0 Å². The van der Waals surface area contributed by atoms with Gasteiger partial charge in [0.2, 0.25) is 0 Å². The number of ether oxygens (including phenoxy) is 2. The lowest BCUT2D eigenvalue weighted by Gasteiger charge is -2.46. The van der Waals surface area contributed by atoms with E-state index in [9.17, 15) is 4.79 Å². The molecule has 3 atom stereocenters. The highest BCUT2D eigenvalue weighted by atomic mass is 16.5. The van der Waals surface area contributed by atoms with Gasteiger partial charge in [-0.05, 0) is 79.3 Å². The van der Waals surface area contributed by atoms with Gasteiger partial charge in [0.15, 0.2) is 0 Å². The summed E-state index contributed by atoms with van der Waals surface area (Å²) in [5, 5.41) is 0. The van der Waals surface area contributed by atoms with Gasteiger partial charge in [0.25, 0.3) is 0 Å². The Morgan fingerprint density at radius 3 is 2.70 bits per heavy atom. The fourth-order valence-corrected chi connectivity index (χ4v) is 5.67. The van der Waals surface area contributed by atoms with E-state index in [1.54, 1.807) is 0 Å². The Labute approximate surface area is 178 Å². The summed E-state index contributed by atoms with van der Waals surface area (Å²) in [7, 11) is 0. The fourth-order valence-electron chi connectivity index (χ4n) is 5.67. The molecule has 0 saturated heterocycles. The third-order valence-corrected chi connectivity index (χ3v) is 7.18. The van der Waals surface area contributed by atoms with Gasteiger partial charge in [-0.3, -0.25) is 4.79 Å². The van der Waals surface area contributed by atoms with Gasteiger partial charge in [0, 0.05) is 12.3 Å². The van der Waals surface area contributed by atoms with Crippen LogP contribution in [0.2, 0.25) is 0 Å². The van der Waals surface area contributed by atoms with Crippen LogP contribution in [0.3, 0.4) is 0 Å². The minimum Gasteiger partial charge on any atom is -0.489 e. The maximum absolute atomic E-state index is 11.5. The molecule has 0 unspecified atom stereocenters. The predicted molar refractivity (Wildman–Crippen MR) is 117 cm³/mol. The lowest BCUT2D eigenvalue weighted by atomic mass is 9.58. The van der Waals surface area contributed by atoms with Crippen molar-refractivity contribution in [3.8, 4) is 5.75 Å². The molecular formula is C27H28O3. The zero-order valence-corrected chi connectivity index (χ0v) is 17.7. The molecule has 3 heteroatoms. The minimum absolute atomic E-state index is 0.122. The number of hydrogen-bond acceptors (Lipinski definition) is 3. The van der Waals surface area contributed by atoms with Crippen LogP contribution in [0.4, 0.5) is 0 Å². The lowest BCUT2D eigenvalue weighted by Crippen LogP contribution is -2.36. The quantitative estimate of drug-likeness (QED) is 0.582. The average Bonchev–Trinajstić information content (AvgIpc) is 3.08. The molecule has 3 aliphatic rings. The highest BCUT2D eigenvalue weighted by molar-refractivity contribution is 5.68. The van der Waals surface area contributed by atoms with E-state index >= 15 is 0 Å². The molecule has 154 valence electrons. The van der Waals surface area contributed by atoms with Gasteiger partial charge < -0.3 is 9.47 Å². The molecule has 30 heavy (non-hydrogen) atoms. The van der Waals surface area contributed by atoms with Crippen LogP contribution in [0.5, 0.6) is 5.75 Å². The van der Waals surface area contributed by atoms with E-state index in [4.69, 9.17) is 9.47 Å². The summed E-state index contributed by atoms with van der Waals surface area (Å²) >= 11 is 0. The number of hydrogen-bond donors (Lipinski definition) is 0. The van der Waals surface area contributed by atoms with Crippen molar-refractivity contribution in [3.05, 3.63) is 88.7 Å². The maximum atomic E-state index is 11.5. The van der Waals surface area contributed by atoms with Gasteiger partial charge >= 0.3 is 5.97 Å². The molecule has 0 heterocycles. The Bertz CT molecular complexity index is 1030. The second kappa shape index (κ2) is 7.46. The predicted octanol–water partition coefficient (Wildman–Crippen LogP) is 6.10. The summed E-state index contributed by atoms with van der Waals surface area (Å²) in [5.74, 6) is 2.63. The second-order valence-electron chi connectivity index (χ2n) is 9.00. The standard InChI is InChI=1S/C27H28O3/c1-18(28)30-26-13-12-25-24-10-8-20-16-21(29-17-19-6-4-3-5-7-19)9-11-22(20)23(24)14-15-27(25,26)2/h3-7,9,11-13,16,23-24H,8,10,14-15,17H2,1-2H3/t23-,24-,27+/m1/s1. The molecule has 2 aromatic rings. The van der Waals surface area contributed by atoms with E-state index in [1.807, 2.05) is 24.3 Å². The third kappa shape index (κ3) is 3.27. The van der Waals surface area contributed by atoms with Crippen LogP contribution < -0.4 is 4.74 Å². The first kappa shape index (κ1) is 19.2. The number of benzene rings is 2. The molecule has 0 aliphatic heterocycles. The van der Waals surface area contributed by atoms with Crippen molar-refractivity contribution in [2.24, 2.45) is 11.3 Å². The summed E-state index contributed by atoms with van der Waals surface area (Å²) < 4.78 is 11.6. The molecule has 0 amide bonds. The van der Waals surface area contributed by atoms with Crippen LogP contribution in [0, 0.1) is 11.3 Å². The summed E-state index contributed by atoms with van der Waals surface area (Å²) in [6, 6.07) is 17.0. The normalized spacial score (nSPS) is 26.6. The number of rotatable bonds is 4. The van der Waals surface area contributed by atoms with Crippen molar-refractivity contribution >= 4 is 5.97 Å². The van der Waals surface area contributed by atoms with Gasteiger partial charge in [-0.1, -0.05) is 48.0 Å². The van der Waals surface area contributed by atoms with Crippen LogP contribution >= 0.6 is 0 Å². The van der Waals surface area contributed by atoms with Crippen LogP contribution in [0.25, 0.3) is 0 Å². The Kier molecular flexibility index (Phi) is 4.77. The van der Waals surface area contributed by atoms with E-state index < -0.39 is 0 Å². The zero-order valence-electron chi connectivity index (χ0n) is 17.7. The Balaban J connectivity index is 1.33. The van der Waals surface area contributed by atoms with Crippen LogP contribution in [0.1, 0.15) is 55.7 Å². The number of fused-ring (bicyclic) bond motifs is 5. The summed E-state index contributed by atoms with van der Waals surface area (Å²) in [6.07, 6.45) is 8.59. The van der Waals surface area contributed by atoms with Crippen LogP contribution in [0.15, 0.2) is 72.0 Å².